The van der Waals surface area contributed by atoms with Crippen molar-refractivity contribution in [3.05, 3.63) is 0 Å². The first kappa shape index (κ1) is 23.5. The summed E-state index contributed by atoms with van der Waals surface area (Å²) >= 11 is 0. The summed E-state index contributed by atoms with van der Waals surface area (Å²) in [5.41, 5.74) is 0. The van der Waals surface area contributed by atoms with Gasteiger partial charge in [0, 0.05) is 5.04 Å². The predicted octanol–water partition coefficient (Wildman–Crippen LogP) is -7.21. The first-order valence-corrected chi connectivity index (χ1v) is 7.12. The molecule has 0 aliphatic rings. The maximum Gasteiger partial charge on any atom is 0.377 e. The van der Waals surface area contributed by atoms with Crippen LogP contribution in [-0.4, -0.2) is 125 Å². The van der Waals surface area contributed by atoms with Crippen molar-refractivity contribution >= 4 is 11.9 Å². The van der Waals surface area contributed by atoms with Gasteiger partial charge in [-0.2, -0.15) is 0 Å². The Morgan fingerprint density at radius 3 is 1.56 bits per heavy atom. The van der Waals surface area contributed by atoms with E-state index in [1.807, 2.05) is 0 Å². The highest BCUT2D eigenvalue weighted by molar-refractivity contribution is 5.75. The second kappa shape index (κ2) is 12.1. The molecule has 0 amide bonds. The van der Waals surface area contributed by atoms with Crippen LogP contribution in [0.2, 0.25) is 0 Å². The maximum absolute atomic E-state index is 11.4. The van der Waals surface area contributed by atoms with Crippen molar-refractivity contribution in [2.24, 2.45) is 0 Å². The Bertz CT molecular complexity index is 501. The molecule has 0 radical (unpaired) electrons. The van der Waals surface area contributed by atoms with Gasteiger partial charge in [-0.3, -0.25) is 9.78 Å². The Labute approximate surface area is 152 Å². The van der Waals surface area contributed by atoms with E-state index < -0.39 is 74.0 Å². The summed E-state index contributed by atoms with van der Waals surface area (Å²) in [5, 5.41) is 95.2. The summed E-state index contributed by atoms with van der Waals surface area (Å²) in [6.07, 6.45) is -19.9. The van der Waals surface area contributed by atoms with Crippen molar-refractivity contribution in [3.63, 3.8) is 0 Å². The van der Waals surface area contributed by atoms with Crippen LogP contribution in [0.5, 0.6) is 0 Å². The van der Waals surface area contributed by atoms with E-state index in [1.54, 1.807) is 0 Å². The van der Waals surface area contributed by atoms with Gasteiger partial charge in [0.1, 0.15) is 36.6 Å². The summed E-state index contributed by atoms with van der Waals surface area (Å²) in [6, 6.07) is 0. The van der Waals surface area contributed by atoms with Crippen molar-refractivity contribution in [2.45, 2.75) is 48.8 Å². The summed E-state index contributed by atoms with van der Waals surface area (Å²) in [7, 11) is 0. The van der Waals surface area contributed by atoms with Gasteiger partial charge in [0.25, 0.3) is 0 Å². The minimum Gasteiger partial charge on any atom is -0.394 e. The zero-order chi connectivity index (χ0) is 22.2. The topological polar surface area (TPSA) is 264 Å². The minimum atomic E-state index is -3.68. The molecule has 0 aromatic heterocycles. The van der Waals surface area contributed by atoms with Crippen LogP contribution in [0.15, 0.2) is 0 Å². The number of hydrogen-bond donors (Lipinski definition) is 10. The third-order valence-electron chi connectivity index (χ3n) is 3.12. The van der Waals surface area contributed by atoms with Gasteiger partial charge < -0.3 is 51.1 Å². The standard InChI is InChI=1S/C12H22O15/c13-1-3(15)5(17)7(19)9(21)11(23)25-27-26-12(24)10(22)8(20)6(18)4(16)2-14/h3-10,13-22H,1-2H2/t3-,4-,5-,6-,7+,8+,9-,10-/m1/s1/i9D. The molecule has 0 saturated carbocycles. The third kappa shape index (κ3) is 7.56. The molecule has 27 heavy (non-hydrogen) atoms. The van der Waals surface area contributed by atoms with Crippen LogP contribution in [0.3, 0.4) is 0 Å². The number of carbonyl (C=O) groups is 2. The van der Waals surface area contributed by atoms with Gasteiger partial charge in [-0.25, -0.2) is 9.59 Å². The molecular weight excluding hydrogens is 384 g/mol. The lowest BCUT2D eigenvalue weighted by Gasteiger charge is -2.24. The molecule has 0 aliphatic heterocycles. The van der Waals surface area contributed by atoms with Gasteiger partial charge in [0.2, 0.25) is 0 Å². The van der Waals surface area contributed by atoms with Gasteiger partial charge in [-0.1, -0.05) is 0 Å². The molecule has 10 N–H and O–H groups in total. The molecular formula is C12H22O15. The molecule has 0 spiro atoms. The SMILES string of the molecule is [2H][C@](O)(C(=O)OOOC(=O)[C@H](O)[C@@H](O)[C@H](O)[C@H](O)CO)[C@@H](O)[C@H](O)[C@H](O)CO. The third-order valence-corrected chi connectivity index (χ3v) is 3.12. The van der Waals surface area contributed by atoms with Crippen molar-refractivity contribution in [1.29, 1.82) is 0 Å². The zero-order valence-corrected chi connectivity index (χ0v) is 13.5. The number of rotatable bonds is 12. The fourth-order valence-electron chi connectivity index (χ4n) is 1.44. The maximum atomic E-state index is 11.4. The van der Waals surface area contributed by atoms with Crippen LogP contribution >= 0.6 is 0 Å². The van der Waals surface area contributed by atoms with Gasteiger partial charge in [-0.15, -0.1) is 0 Å². The van der Waals surface area contributed by atoms with Crippen molar-refractivity contribution < 1.29 is 76.8 Å². The van der Waals surface area contributed by atoms with E-state index >= 15 is 0 Å². The Kier molecular flexibility index (Phi) is 10.5. The smallest absolute Gasteiger partial charge is 0.377 e. The highest BCUT2D eigenvalue weighted by atomic mass is 17.5. The number of aliphatic hydroxyl groups is 10. The van der Waals surface area contributed by atoms with E-state index in [9.17, 15) is 40.2 Å². The molecule has 0 saturated heterocycles. The largest absolute Gasteiger partial charge is 0.394 e. The summed E-state index contributed by atoms with van der Waals surface area (Å²) in [5.74, 6) is -4.07. The average molecular weight is 407 g/mol. The highest BCUT2D eigenvalue weighted by Gasteiger charge is 2.38. The van der Waals surface area contributed by atoms with E-state index in [1.165, 1.54) is 0 Å². The number of hydrogen-bond acceptors (Lipinski definition) is 15. The fourth-order valence-corrected chi connectivity index (χ4v) is 1.44. The first-order chi connectivity index (χ1) is 12.8. The quantitative estimate of drug-likeness (QED) is 0.106. The van der Waals surface area contributed by atoms with Crippen LogP contribution in [0, 0.1) is 0 Å². The van der Waals surface area contributed by atoms with Gasteiger partial charge in [0.05, 0.1) is 14.6 Å². The molecule has 8 atom stereocenters. The van der Waals surface area contributed by atoms with E-state index in [0.29, 0.717) is 0 Å². The summed E-state index contributed by atoms with van der Waals surface area (Å²) in [4.78, 5) is 30.1. The molecule has 15 heteroatoms. The molecule has 0 unspecified atom stereocenters. The Morgan fingerprint density at radius 2 is 1.11 bits per heavy atom. The van der Waals surface area contributed by atoms with E-state index in [-0.39, 0.29) is 0 Å². The molecule has 0 aliphatic carbocycles. The Morgan fingerprint density at radius 1 is 0.704 bits per heavy atom. The summed E-state index contributed by atoms with van der Waals surface area (Å²) in [6.45, 7) is -2.14. The number of aliphatic hydroxyl groups excluding tert-OH is 9. The molecule has 160 valence electrons. The molecule has 0 rings (SSSR count). The molecule has 0 aromatic rings. The predicted molar refractivity (Wildman–Crippen MR) is 75.5 cm³/mol. The van der Waals surface area contributed by atoms with Gasteiger partial charge in [-0.05, 0) is 0 Å². The highest BCUT2D eigenvalue weighted by Crippen LogP contribution is 2.09. The normalized spacial score (nSPS) is 22.2. The second-order valence-electron chi connectivity index (χ2n) is 5.09. The lowest BCUT2D eigenvalue weighted by molar-refractivity contribution is -0.464. The average Bonchev–Trinajstić information content (AvgIpc) is 2.68. The lowest BCUT2D eigenvalue weighted by atomic mass is 10.0. The van der Waals surface area contributed by atoms with Crippen molar-refractivity contribution in [1.82, 2.24) is 0 Å². The van der Waals surface area contributed by atoms with Gasteiger partial charge >= 0.3 is 11.9 Å². The van der Waals surface area contributed by atoms with Crippen molar-refractivity contribution in [3.8, 4) is 0 Å². The molecule has 15 nitrogen and oxygen atoms in total. The molecule has 0 heterocycles. The Balaban J connectivity index is 4.69. The fraction of sp³-hybridized carbons (Fsp3) is 0.833. The second-order valence-corrected chi connectivity index (χ2v) is 5.09. The zero-order valence-electron chi connectivity index (χ0n) is 14.5. The minimum absolute atomic E-state index is 1.03. The summed E-state index contributed by atoms with van der Waals surface area (Å²) < 4.78 is 7.18. The van der Waals surface area contributed by atoms with Crippen molar-refractivity contribution in [2.75, 3.05) is 13.2 Å². The lowest BCUT2D eigenvalue weighted by Crippen LogP contribution is -2.49. The van der Waals surface area contributed by atoms with E-state index in [0.717, 1.165) is 0 Å². The van der Waals surface area contributed by atoms with Crippen LogP contribution < -0.4 is 0 Å². The van der Waals surface area contributed by atoms with Crippen LogP contribution in [-0.2, 0) is 24.4 Å². The van der Waals surface area contributed by atoms with Crippen LogP contribution in [0.25, 0.3) is 0 Å². The van der Waals surface area contributed by atoms with Crippen LogP contribution in [0.4, 0.5) is 0 Å². The molecule has 0 aromatic carbocycles. The number of carbonyl (C=O) groups excluding carboxylic acids is 2. The molecule has 0 fully saturated rings. The monoisotopic (exact) mass is 407 g/mol. The molecule has 0 bridgehead atoms. The van der Waals surface area contributed by atoms with Crippen LogP contribution in [0.1, 0.15) is 1.37 Å². The first-order valence-electron chi connectivity index (χ1n) is 7.62. The van der Waals surface area contributed by atoms with Gasteiger partial charge in [0.15, 0.2) is 12.2 Å². The van der Waals surface area contributed by atoms with E-state index in [2.05, 4.69) is 14.8 Å². The van der Waals surface area contributed by atoms with E-state index in [4.69, 9.17) is 21.8 Å². The Hall–Kier alpha value is -1.50.